The first kappa shape index (κ1) is 28.0. The zero-order valence-electron chi connectivity index (χ0n) is 23.2. The van der Waals surface area contributed by atoms with Crippen LogP contribution in [0.1, 0.15) is 53.9 Å². The van der Waals surface area contributed by atoms with Crippen molar-refractivity contribution in [1.82, 2.24) is 10.2 Å². The summed E-state index contributed by atoms with van der Waals surface area (Å²) >= 11 is 0. The van der Waals surface area contributed by atoms with Crippen molar-refractivity contribution in [3.8, 4) is 0 Å². The van der Waals surface area contributed by atoms with Gasteiger partial charge in [-0.05, 0) is 35.1 Å². The van der Waals surface area contributed by atoms with E-state index in [1.165, 1.54) is 4.90 Å². The van der Waals surface area contributed by atoms with Crippen LogP contribution < -0.4 is 5.32 Å². The van der Waals surface area contributed by atoms with Crippen LogP contribution in [0.25, 0.3) is 0 Å². The molecule has 0 aromatic heterocycles. The van der Waals surface area contributed by atoms with E-state index < -0.39 is 12.0 Å². The molecule has 4 aromatic carbocycles. The predicted octanol–water partition coefficient (Wildman–Crippen LogP) is 6.09. The molecule has 0 saturated heterocycles. The molecule has 5 rings (SSSR count). The summed E-state index contributed by atoms with van der Waals surface area (Å²) in [5, 5.41) is 3.30. The third-order valence-corrected chi connectivity index (χ3v) is 7.85. The maximum Gasteiger partial charge on any atom is 0.233 e. The molecule has 41 heavy (non-hydrogen) atoms. The van der Waals surface area contributed by atoms with Gasteiger partial charge in [0.15, 0.2) is 0 Å². The molecule has 0 heterocycles. The van der Waals surface area contributed by atoms with E-state index in [-0.39, 0.29) is 36.6 Å². The van der Waals surface area contributed by atoms with Gasteiger partial charge in [-0.2, -0.15) is 0 Å². The van der Waals surface area contributed by atoms with Crippen LogP contribution in [0.3, 0.4) is 0 Å². The monoisotopic (exact) mass is 544 g/mol. The van der Waals surface area contributed by atoms with E-state index in [4.69, 9.17) is 0 Å². The van der Waals surface area contributed by atoms with Crippen molar-refractivity contribution in [3.05, 3.63) is 144 Å². The first-order valence-electron chi connectivity index (χ1n) is 14.4. The number of nitrogens with zero attached hydrogens (tertiary/aromatic N) is 1. The van der Waals surface area contributed by atoms with Gasteiger partial charge in [0, 0.05) is 6.04 Å². The molecule has 1 N–H and O–H groups in total. The second-order valence-corrected chi connectivity index (χ2v) is 10.7. The summed E-state index contributed by atoms with van der Waals surface area (Å²) in [5.41, 5.74) is 3.53. The number of imide groups is 1. The molecule has 2 atom stereocenters. The van der Waals surface area contributed by atoms with Crippen molar-refractivity contribution < 1.29 is 14.4 Å². The highest BCUT2D eigenvalue weighted by Gasteiger charge is 2.38. The number of benzene rings is 4. The minimum Gasteiger partial charge on any atom is -0.350 e. The Morgan fingerprint density at radius 1 is 0.610 bits per heavy atom. The van der Waals surface area contributed by atoms with Gasteiger partial charge in [0.1, 0.15) is 0 Å². The van der Waals surface area contributed by atoms with E-state index in [0.717, 1.165) is 35.1 Å². The van der Waals surface area contributed by atoms with E-state index in [0.29, 0.717) is 12.8 Å². The molecule has 0 spiro atoms. The molecule has 0 radical (unpaired) electrons. The lowest BCUT2D eigenvalue weighted by molar-refractivity contribution is -0.149. The lowest BCUT2D eigenvalue weighted by atomic mass is 9.86. The number of carbonyl (C=O) groups excluding carboxylic acids is 3. The van der Waals surface area contributed by atoms with Gasteiger partial charge in [-0.25, -0.2) is 0 Å². The van der Waals surface area contributed by atoms with Crippen LogP contribution in [0.4, 0.5) is 0 Å². The fourth-order valence-corrected chi connectivity index (χ4v) is 5.86. The van der Waals surface area contributed by atoms with Crippen molar-refractivity contribution in [2.75, 3.05) is 0 Å². The molecule has 3 amide bonds. The van der Waals surface area contributed by atoms with Gasteiger partial charge in [0.05, 0.1) is 24.8 Å². The average Bonchev–Trinajstić information content (AvgIpc) is 3.00. The molecule has 5 heteroatoms. The smallest absolute Gasteiger partial charge is 0.233 e. The minimum absolute atomic E-state index is 0.120. The van der Waals surface area contributed by atoms with Crippen LogP contribution in [0, 0.1) is 0 Å². The third-order valence-electron chi connectivity index (χ3n) is 7.85. The molecule has 1 aliphatic carbocycles. The lowest BCUT2D eigenvalue weighted by Crippen LogP contribution is -2.58. The quantitative estimate of drug-likeness (QED) is 0.277. The molecule has 2 unspecified atom stereocenters. The fourth-order valence-electron chi connectivity index (χ4n) is 5.86. The standard InChI is InChI=1S/C36H36N2O3/c39-33(25-27-15-5-1-6-16-27)38(34(40)26-28-17-7-2-8-18-28)32-24-14-13-23-31(32)37-36(41)35(29-19-9-3-10-20-29)30-21-11-4-12-22-30/h1-12,15-22,31-32,35H,13-14,23-26H2,(H,37,41). The number of hydrogen-bond acceptors (Lipinski definition) is 3. The normalized spacial score (nSPS) is 16.6. The highest BCUT2D eigenvalue weighted by molar-refractivity contribution is 5.97. The summed E-state index contributed by atoms with van der Waals surface area (Å²) in [7, 11) is 0. The second kappa shape index (κ2) is 13.7. The maximum atomic E-state index is 14.0. The Bertz CT molecular complexity index is 1330. The molecule has 1 saturated carbocycles. The van der Waals surface area contributed by atoms with E-state index in [9.17, 15) is 14.4 Å². The average molecular weight is 545 g/mol. The van der Waals surface area contributed by atoms with E-state index in [1.54, 1.807) is 0 Å². The number of nitrogens with one attached hydrogen (secondary N) is 1. The zero-order valence-corrected chi connectivity index (χ0v) is 23.2. The predicted molar refractivity (Wildman–Crippen MR) is 161 cm³/mol. The van der Waals surface area contributed by atoms with Crippen molar-refractivity contribution in [2.24, 2.45) is 0 Å². The van der Waals surface area contributed by atoms with Crippen molar-refractivity contribution in [3.63, 3.8) is 0 Å². The molecule has 208 valence electrons. The van der Waals surface area contributed by atoms with Crippen molar-refractivity contribution >= 4 is 17.7 Å². The Hall–Kier alpha value is -4.51. The van der Waals surface area contributed by atoms with Crippen molar-refractivity contribution in [1.29, 1.82) is 0 Å². The number of amides is 3. The van der Waals surface area contributed by atoms with Gasteiger partial charge in [-0.3, -0.25) is 19.3 Å². The Balaban J connectivity index is 1.43. The molecular weight excluding hydrogens is 508 g/mol. The maximum absolute atomic E-state index is 14.0. The molecule has 0 bridgehead atoms. The van der Waals surface area contributed by atoms with Crippen LogP contribution in [-0.4, -0.2) is 34.7 Å². The number of carbonyl (C=O) groups is 3. The molecule has 0 aliphatic heterocycles. The van der Waals surface area contributed by atoms with Gasteiger partial charge >= 0.3 is 0 Å². The van der Waals surface area contributed by atoms with Gasteiger partial charge in [-0.1, -0.05) is 134 Å². The molecule has 1 fully saturated rings. The second-order valence-electron chi connectivity index (χ2n) is 10.7. The Kier molecular flexibility index (Phi) is 9.37. The summed E-state index contributed by atoms with van der Waals surface area (Å²) in [6.07, 6.45) is 3.46. The summed E-state index contributed by atoms with van der Waals surface area (Å²) in [6.45, 7) is 0. The Morgan fingerprint density at radius 2 is 1.02 bits per heavy atom. The summed E-state index contributed by atoms with van der Waals surface area (Å²) < 4.78 is 0. The van der Waals surface area contributed by atoms with Crippen LogP contribution in [0.5, 0.6) is 0 Å². The fraction of sp³-hybridized carbons (Fsp3) is 0.250. The van der Waals surface area contributed by atoms with Crippen LogP contribution in [0.2, 0.25) is 0 Å². The SMILES string of the molecule is O=C(NC1CCCCC1N(C(=O)Cc1ccccc1)C(=O)Cc1ccccc1)C(c1ccccc1)c1ccccc1. The zero-order chi connectivity index (χ0) is 28.4. The van der Waals surface area contributed by atoms with Crippen LogP contribution in [0.15, 0.2) is 121 Å². The van der Waals surface area contributed by atoms with E-state index in [2.05, 4.69) is 5.32 Å². The Morgan fingerprint density at radius 3 is 1.49 bits per heavy atom. The van der Waals surface area contributed by atoms with Gasteiger partial charge < -0.3 is 5.32 Å². The van der Waals surface area contributed by atoms with Gasteiger partial charge in [0.25, 0.3) is 0 Å². The summed E-state index contributed by atoms with van der Waals surface area (Å²) in [5.74, 6) is -1.07. The van der Waals surface area contributed by atoms with Crippen molar-refractivity contribution in [2.45, 2.75) is 56.5 Å². The van der Waals surface area contributed by atoms with Gasteiger partial charge in [-0.15, -0.1) is 0 Å². The van der Waals surface area contributed by atoms with Crippen LogP contribution >= 0.6 is 0 Å². The largest absolute Gasteiger partial charge is 0.350 e. The summed E-state index contributed by atoms with van der Waals surface area (Å²) in [6, 6.07) is 37.8. The first-order valence-corrected chi connectivity index (χ1v) is 14.4. The third kappa shape index (κ3) is 7.17. The Labute approximate surface area is 242 Å². The minimum atomic E-state index is -0.492. The molecule has 4 aromatic rings. The molecular formula is C36H36N2O3. The summed E-state index contributed by atoms with van der Waals surface area (Å²) in [4.78, 5) is 43.2. The number of hydrogen-bond donors (Lipinski definition) is 1. The highest BCUT2D eigenvalue weighted by Crippen LogP contribution is 2.29. The highest BCUT2D eigenvalue weighted by atomic mass is 16.2. The first-order chi connectivity index (χ1) is 20.1. The van der Waals surface area contributed by atoms with Gasteiger partial charge in [0.2, 0.25) is 17.7 Å². The van der Waals surface area contributed by atoms with Crippen LogP contribution in [-0.2, 0) is 27.2 Å². The van der Waals surface area contributed by atoms with E-state index in [1.807, 2.05) is 121 Å². The number of rotatable bonds is 9. The molecule has 1 aliphatic rings. The topological polar surface area (TPSA) is 66.5 Å². The van der Waals surface area contributed by atoms with E-state index >= 15 is 0 Å². The lowest BCUT2D eigenvalue weighted by Gasteiger charge is -2.40. The molecule has 5 nitrogen and oxygen atoms in total.